The number of unbranched alkanes of at least 4 members (excludes halogenated alkanes) is 5. The van der Waals surface area contributed by atoms with Crippen LogP contribution in [0.4, 0.5) is 0 Å². The minimum atomic E-state index is -1.13. The van der Waals surface area contributed by atoms with Crippen LogP contribution < -0.4 is 5.11 Å². The van der Waals surface area contributed by atoms with Crippen LogP contribution in [0.1, 0.15) is 44.9 Å². The Morgan fingerprint density at radius 2 is 1.57 bits per heavy atom. The summed E-state index contributed by atoms with van der Waals surface area (Å²) in [6.07, 6.45) is 6.55. The molecule has 0 aliphatic heterocycles. The molecule has 82 valence electrons. The fourth-order valence-corrected chi connectivity index (χ4v) is 1.26. The van der Waals surface area contributed by atoms with Crippen molar-refractivity contribution in [3.05, 3.63) is 12.2 Å². The lowest BCUT2D eigenvalue weighted by Gasteiger charge is -2.05. The number of aliphatic hydroxyl groups is 1. The molecule has 0 saturated heterocycles. The minimum absolute atomic E-state index is 0.195. The molecule has 0 spiro atoms. The minimum Gasteiger partial charge on any atom is -0.545 e. The lowest BCUT2D eigenvalue weighted by Crippen LogP contribution is -2.23. The normalized spacial score (nSPS) is 10.1. The largest absolute Gasteiger partial charge is 0.545 e. The van der Waals surface area contributed by atoms with Crippen LogP contribution in [0.15, 0.2) is 12.2 Å². The Kier molecular flexibility index (Phi) is 8.24. The van der Waals surface area contributed by atoms with Gasteiger partial charge in [0.25, 0.3) is 0 Å². The summed E-state index contributed by atoms with van der Waals surface area (Å²) in [5.41, 5.74) is 0.195. The second-order valence-electron chi connectivity index (χ2n) is 3.49. The molecule has 0 amide bonds. The van der Waals surface area contributed by atoms with Crippen LogP contribution in [0.25, 0.3) is 0 Å². The molecule has 0 aliphatic carbocycles. The smallest absolute Gasteiger partial charge is 0.0668 e. The monoisotopic (exact) mass is 199 g/mol. The highest BCUT2D eigenvalue weighted by molar-refractivity contribution is 5.83. The van der Waals surface area contributed by atoms with Crippen molar-refractivity contribution in [2.45, 2.75) is 44.9 Å². The van der Waals surface area contributed by atoms with Crippen LogP contribution in [0.3, 0.4) is 0 Å². The van der Waals surface area contributed by atoms with Crippen molar-refractivity contribution in [3.63, 3.8) is 0 Å². The standard InChI is InChI=1S/C11H20O3/c1-10(11(13)14)8-6-4-2-3-5-7-9-12/h12H,1-9H2,(H,13,14)/p-1. The molecule has 1 N–H and O–H groups in total. The number of hydrogen-bond donors (Lipinski definition) is 1. The topological polar surface area (TPSA) is 60.4 Å². The van der Waals surface area contributed by atoms with Gasteiger partial charge in [0, 0.05) is 6.61 Å². The molecule has 0 rings (SSSR count). The molecule has 0 aromatic carbocycles. The van der Waals surface area contributed by atoms with Crippen LogP contribution in [0, 0.1) is 0 Å². The summed E-state index contributed by atoms with van der Waals surface area (Å²) in [5, 5.41) is 18.8. The maximum Gasteiger partial charge on any atom is 0.0668 e. The van der Waals surface area contributed by atoms with Gasteiger partial charge in [-0.25, -0.2) is 0 Å². The first-order chi connectivity index (χ1) is 6.68. The quantitative estimate of drug-likeness (QED) is 0.445. The summed E-state index contributed by atoms with van der Waals surface area (Å²) in [6, 6.07) is 0. The van der Waals surface area contributed by atoms with Gasteiger partial charge in [-0.2, -0.15) is 0 Å². The molecule has 3 nitrogen and oxygen atoms in total. The van der Waals surface area contributed by atoms with E-state index < -0.39 is 5.97 Å². The molecular formula is C11H19O3-. The average molecular weight is 199 g/mol. The van der Waals surface area contributed by atoms with Gasteiger partial charge in [-0.3, -0.25) is 0 Å². The van der Waals surface area contributed by atoms with Crippen LogP contribution in [0.5, 0.6) is 0 Å². The predicted octanol–water partition coefficient (Wildman–Crippen LogP) is 1.02. The molecule has 0 aliphatic rings. The summed E-state index contributed by atoms with van der Waals surface area (Å²) in [7, 11) is 0. The van der Waals surface area contributed by atoms with Gasteiger partial charge >= 0.3 is 0 Å². The molecule has 0 bridgehead atoms. The molecule has 0 aromatic rings. The van der Waals surface area contributed by atoms with Crippen molar-refractivity contribution in [1.29, 1.82) is 0 Å². The number of carbonyl (C=O) groups is 1. The first kappa shape index (κ1) is 13.2. The Morgan fingerprint density at radius 1 is 1.07 bits per heavy atom. The molecule has 0 unspecified atom stereocenters. The molecule has 3 heteroatoms. The van der Waals surface area contributed by atoms with E-state index >= 15 is 0 Å². The van der Waals surface area contributed by atoms with Crippen LogP contribution >= 0.6 is 0 Å². The average Bonchev–Trinajstić information content (AvgIpc) is 2.16. The lowest BCUT2D eigenvalue weighted by molar-refractivity contribution is -0.299. The van der Waals surface area contributed by atoms with Crippen molar-refractivity contribution in [1.82, 2.24) is 0 Å². The van der Waals surface area contributed by atoms with E-state index in [9.17, 15) is 9.90 Å². The van der Waals surface area contributed by atoms with E-state index in [2.05, 4.69) is 6.58 Å². The third-order valence-corrected chi connectivity index (χ3v) is 2.18. The zero-order valence-corrected chi connectivity index (χ0v) is 8.63. The van der Waals surface area contributed by atoms with Gasteiger partial charge in [-0.05, 0) is 24.8 Å². The predicted molar refractivity (Wildman–Crippen MR) is 53.6 cm³/mol. The summed E-state index contributed by atoms with van der Waals surface area (Å²) in [4.78, 5) is 10.3. The highest BCUT2D eigenvalue weighted by Crippen LogP contribution is 2.09. The molecule has 0 fully saturated rings. The molecule has 0 radical (unpaired) electrons. The summed E-state index contributed by atoms with van der Waals surface area (Å²) in [5.74, 6) is -1.13. The number of carboxylic acids is 1. The molecule has 0 saturated carbocycles. The summed E-state index contributed by atoms with van der Waals surface area (Å²) in [6.45, 7) is 3.67. The second-order valence-corrected chi connectivity index (χ2v) is 3.49. The molecule has 14 heavy (non-hydrogen) atoms. The molecular weight excluding hydrogens is 180 g/mol. The number of rotatable bonds is 9. The van der Waals surface area contributed by atoms with Crippen molar-refractivity contribution in [2.75, 3.05) is 6.61 Å². The Morgan fingerprint density at radius 3 is 2.07 bits per heavy atom. The first-order valence-corrected chi connectivity index (χ1v) is 5.18. The zero-order chi connectivity index (χ0) is 10.8. The van der Waals surface area contributed by atoms with Gasteiger partial charge in [0.15, 0.2) is 0 Å². The van der Waals surface area contributed by atoms with Crippen molar-refractivity contribution in [3.8, 4) is 0 Å². The van der Waals surface area contributed by atoms with Crippen LogP contribution in [-0.4, -0.2) is 17.7 Å². The number of carboxylic acid groups (broad SMARTS) is 1. The summed E-state index contributed by atoms with van der Waals surface area (Å²) < 4.78 is 0. The highest BCUT2D eigenvalue weighted by Gasteiger charge is 1.95. The maximum absolute atomic E-state index is 10.3. The third kappa shape index (κ3) is 7.80. The van der Waals surface area contributed by atoms with E-state index in [4.69, 9.17) is 5.11 Å². The number of carbonyl (C=O) groups excluding carboxylic acids is 1. The van der Waals surface area contributed by atoms with Gasteiger partial charge in [0.05, 0.1) is 5.97 Å². The number of aliphatic carboxylic acids is 1. The fraction of sp³-hybridized carbons (Fsp3) is 0.727. The zero-order valence-electron chi connectivity index (χ0n) is 8.63. The van der Waals surface area contributed by atoms with Crippen LogP contribution in [0.2, 0.25) is 0 Å². The number of hydrogen-bond acceptors (Lipinski definition) is 3. The van der Waals surface area contributed by atoms with E-state index in [1.807, 2.05) is 0 Å². The van der Waals surface area contributed by atoms with Crippen molar-refractivity contribution >= 4 is 5.97 Å². The van der Waals surface area contributed by atoms with E-state index in [0.717, 1.165) is 38.5 Å². The van der Waals surface area contributed by atoms with Gasteiger partial charge in [0.1, 0.15) is 0 Å². The molecule has 0 heterocycles. The molecule has 0 aromatic heterocycles. The summed E-state index contributed by atoms with van der Waals surface area (Å²) >= 11 is 0. The molecule has 0 atom stereocenters. The SMILES string of the molecule is C=C(CCCCCCCCO)C(=O)[O-]. The van der Waals surface area contributed by atoms with Gasteiger partial charge in [0.2, 0.25) is 0 Å². The highest BCUT2D eigenvalue weighted by atomic mass is 16.4. The van der Waals surface area contributed by atoms with Gasteiger partial charge in [-0.15, -0.1) is 0 Å². The van der Waals surface area contributed by atoms with Gasteiger partial charge < -0.3 is 15.0 Å². The van der Waals surface area contributed by atoms with Crippen LogP contribution in [-0.2, 0) is 4.79 Å². The van der Waals surface area contributed by atoms with Gasteiger partial charge in [-0.1, -0.05) is 32.3 Å². The Hall–Kier alpha value is -0.830. The van der Waals surface area contributed by atoms with E-state index in [1.165, 1.54) is 0 Å². The maximum atomic E-state index is 10.3. The Bertz CT molecular complexity index is 175. The van der Waals surface area contributed by atoms with E-state index in [-0.39, 0.29) is 12.2 Å². The van der Waals surface area contributed by atoms with E-state index in [0.29, 0.717) is 6.42 Å². The fourth-order valence-electron chi connectivity index (χ4n) is 1.26. The third-order valence-electron chi connectivity index (χ3n) is 2.18. The Labute approximate surface area is 85.4 Å². The van der Waals surface area contributed by atoms with Crippen molar-refractivity contribution < 1.29 is 15.0 Å². The van der Waals surface area contributed by atoms with Crippen molar-refractivity contribution in [2.24, 2.45) is 0 Å². The van der Waals surface area contributed by atoms with E-state index in [1.54, 1.807) is 0 Å². The number of aliphatic hydroxyl groups excluding tert-OH is 1. The second kappa shape index (κ2) is 8.75. The Balaban J connectivity index is 3.13. The first-order valence-electron chi connectivity index (χ1n) is 5.18. The lowest BCUT2D eigenvalue weighted by atomic mass is 10.1.